The Bertz CT molecular complexity index is 238. The Labute approximate surface area is 116 Å². The van der Waals surface area contributed by atoms with Crippen LogP contribution in [0.5, 0.6) is 0 Å². The molecule has 0 amide bonds. The Morgan fingerprint density at radius 3 is 2.89 bits per heavy atom. The van der Waals surface area contributed by atoms with E-state index in [0.717, 1.165) is 26.2 Å². The quantitative estimate of drug-likeness (QED) is 0.827. The van der Waals surface area contributed by atoms with E-state index in [-0.39, 0.29) is 5.60 Å². The lowest BCUT2D eigenvalue weighted by atomic mass is 9.85. The molecule has 0 radical (unpaired) electrons. The van der Waals surface area contributed by atoms with E-state index in [2.05, 4.69) is 35.9 Å². The zero-order chi connectivity index (χ0) is 12.8. The molecule has 2 aliphatic heterocycles. The molecule has 2 saturated heterocycles. The molecule has 0 aromatic carbocycles. The zero-order valence-electron chi connectivity index (χ0n) is 11.9. The summed E-state index contributed by atoms with van der Waals surface area (Å²) in [7, 11) is 2.19. The third-order valence-electron chi connectivity index (χ3n) is 4.36. The number of nitrogens with one attached hydrogen (secondary N) is 1. The highest BCUT2D eigenvalue weighted by Gasteiger charge is 2.38. The maximum atomic E-state index is 6.12. The van der Waals surface area contributed by atoms with Crippen LogP contribution in [0.25, 0.3) is 0 Å². The molecule has 2 aliphatic rings. The van der Waals surface area contributed by atoms with Gasteiger partial charge in [-0.15, -0.1) is 0 Å². The molecule has 0 bridgehead atoms. The monoisotopic (exact) mass is 272 g/mol. The number of rotatable bonds is 5. The van der Waals surface area contributed by atoms with Crippen LogP contribution < -0.4 is 5.32 Å². The summed E-state index contributed by atoms with van der Waals surface area (Å²) in [6.07, 6.45) is 4.92. The molecule has 2 fully saturated rings. The van der Waals surface area contributed by atoms with Crippen molar-refractivity contribution in [3.05, 3.63) is 0 Å². The summed E-state index contributed by atoms with van der Waals surface area (Å²) in [4.78, 5) is 2.36. The molecule has 2 rings (SSSR count). The minimum absolute atomic E-state index is 0.220. The van der Waals surface area contributed by atoms with Crippen molar-refractivity contribution in [1.82, 2.24) is 10.2 Å². The van der Waals surface area contributed by atoms with E-state index in [9.17, 15) is 0 Å². The third kappa shape index (κ3) is 4.12. The molecule has 3 nitrogen and oxygen atoms in total. The Morgan fingerprint density at radius 2 is 2.17 bits per heavy atom. The molecular formula is C14H28N2OS. The van der Waals surface area contributed by atoms with Crippen molar-refractivity contribution in [2.75, 3.05) is 44.8 Å². The van der Waals surface area contributed by atoms with Gasteiger partial charge in [0, 0.05) is 25.7 Å². The number of likely N-dealkylation sites (N-methyl/N-ethyl adjacent to an activating group) is 1. The summed E-state index contributed by atoms with van der Waals surface area (Å²) in [5, 5.41) is 3.73. The number of hydrogen-bond acceptors (Lipinski definition) is 4. The topological polar surface area (TPSA) is 24.5 Å². The van der Waals surface area contributed by atoms with Gasteiger partial charge in [-0.25, -0.2) is 0 Å². The molecule has 1 N–H and O–H groups in total. The van der Waals surface area contributed by atoms with Crippen LogP contribution in [0.1, 0.15) is 32.6 Å². The molecule has 4 heteroatoms. The van der Waals surface area contributed by atoms with Gasteiger partial charge < -0.3 is 15.0 Å². The van der Waals surface area contributed by atoms with Crippen molar-refractivity contribution in [2.45, 2.75) is 44.2 Å². The van der Waals surface area contributed by atoms with Gasteiger partial charge in [0.2, 0.25) is 0 Å². The van der Waals surface area contributed by atoms with Crippen molar-refractivity contribution >= 4 is 11.8 Å². The fourth-order valence-corrected chi connectivity index (χ4v) is 4.15. The van der Waals surface area contributed by atoms with Gasteiger partial charge in [0.25, 0.3) is 0 Å². The molecule has 1 spiro atoms. The largest absolute Gasteiger partial charge is 0.375 e. The Kier molecular flexibility index (Phi) is 5.80. The van der Waals surface area contributed by atoms with Gasteiger partial charge in [0.1, 0.15) is 0 Å². The van der Waals surface area contributed by atoms with Crippen LogP contribution in [0.4, 0.5) is 0 Å². The highest BCUT2D eigenvalue weighted by Crippen LogP contribution is 2.37. The molecule has 0 aliphatic carbocycles. The molecule has 0 aromatic rings. The lowest BCUT2D eigenvalue weighted by Gasteiger charge is -2.43. The smallest absolute Gasteiger partial charge is 0.0713 e. The van der Waals surface area contributed by atoms with Crippen molar-refractivity contribution < 1.29 is 4.74 Å². The SMILES string of the molecule is CCN(C)CCNC1CCOC2(CCSCC2)C1. The van der Waals surface area contributed by atoms with Gasteiger partial charge >= 0.3 is 0 Å². The van der Waals surface area contributed by atoms with Crippen LogP contribution in [-0.2, 0) is 4.74 Å². The lowest BCUT2D eigenvalue weighted by molar-refractivity contribution is -0.0931. The molecular weight excluding hydrogens is 244 g/mol. The first kappa shape index (κ1) is 14.6. The Morgan fingerprint density at radius 1 is 1.39 bits per heavy atom. The van der Waals surface area contributed by atoms with Crippen LogP contribution in [0.2, 0.25) is 0 Å². The summed E-state index contributed by atoms with van der Waals surface area (Å²) >= 11 is 2.08. The first-order valence-electron chi connectivity index (χ1n) is 7.38. The van der Waals surface area contributed by atoms with Crippen molar-refractivity contribution in [3.8, 4) is 0 Å². The molecule has 106 valence electrons. The van der Waals surface area contributed by atoms with Gasteiger partial charge in [-0.2, -0.15) is 11.8 Å². The first-order chi connectivity index (χ1) is 8.74. The second kappa shape index (κ2) is 7.13. The van der Waals surface area contributed by atoms with Gasteiger partial charge in [0.15, 0.2) is 0 Å². The number of thioether (sulfide) groups is 1. The van der Waals surface area contributed by atoms with E-state index >= 15 is 0 Å². The zero-order valence-corrected chi connectivity index (χ0v) is 12.7. The van der Waals surface area contributed by atoms with Crippen LogP contribution >= 0.6 is 11.8 Å². The maximum absolute atomic E-state index is 6.12. The van der Waals surface area contributed by atoms with Crippen molar-refractivity contribution in [3.63, 3.8) is 0 Å². The number of nitrogens with zero attached hydrogens (tertiary/aromatic N) is 1. The van der Waals surface area contributed by atoms with Crippen molar-refractivity contribution in [1.29, 1.82) is 0 Å². The molecule has 18 heavy (non-hydrogen) atoms. The van der Waals surface area contributed by atoms with Crippen molar-refractivity contribution in [2.24, 2.45) is 0 Å². The molecule has 0 saturated carbocycles. The average molecular weight is 272 g/mol. The maximum Gasteiger partial charge on any atom is 0.0713 e. The van der Waals surface area contributed by atoms with E-state index < -0.39 is 0 Å². The summed E-state index contributed by atoms with van der Waals surface area (Å²) in [6.45, 7) is 6.56. The lowest BCUT2D eigenvalue weighted by Crippen LogP contribution is -2.49. The fraction of sp³-hybridized carbons (Fsp3) is 1.00. The van der Waals surface area contributed by atoms with E-state index in [1.165, 1.54) is 37.2 Å². The van der Waals surface area contributed by atoms with Gasteiger partial charge in [-0.3, -0.25) is 0 Å². The third-order valence-corrected chi connectivity index (χ3v) is 5.35. The van der Waals surface area contributed by atoms with Crippen LogP contribution in [0, 0.1) is 0 Å². The van der Waals surface area contributed by atoms with Gasteiger partial charge in [0.05, 0.1) is 5.60 Å². The van der Waals surface area contributed by atoms with Crippen LogP contribution in [-0.4, -0.2) is 61.3 Å². The van der Waals surface area contributed by atoms with E-state index in [1.807, 2.05) is 0 Å². The van der Waals surface area contributed by atoms with Crippen LogP contribution in [0.3, 0.4) is 0 Å². The molecule has 1 atom stereocenters. The van der Waals surface area contributed by atoms with Gasteiger partial charge in [-0.1, -0.05) is 6.92 Å². The molecule has 1 unspecified atom stereocenters. The predicted molar refractivity (Wildman–Crippen MR) is 79.4 cm³/mol. The fourth-order valence-electron chi connectivity index (χ4n) is 2.91. The van der Waals surface area contributed by atoms with Gasteiger partial charge in [-0.05, 0) is 50.8 Å². The summed E-state index contributed by atoms with van der Waals surface area (Å²) < 4.78 is 6.12. The normalized spacial score (nSPS) is 27.8. The minimum atomic E-state index is 0.220. The second-order valence-electron chi connectivity index (χ2n) is 5.68. The van der Waals surface area contributed by atoms with E-state index in [1.54, 1.807) is 0 Å². The van der Waals surface area contributed by atoms with E-state index in [0.29, 0.717) is 6.04 Å². The summed E-state index contributed by atoms with van der Waals surface area (Å²) in [5.74, 6) is 2.57. The Hall–Kier alpha value is 0.230. The first-order valence-corrected chi connectivity index (χ1v) is 8.53. The minimum Gasteiger partial charge on any atom is -0.375 e. The van der Waals surface area contributed by atoms with Crippen LogP contribution in [0.15, 0.2) is 0 Å². The number of hydrogen-bond donors (Lipinski definition) is 1. The summed E-state index contributed by atoms with van der Waals surface area (Å²) in [5.41, 5.74) is 0.220. The second-order valence-corrected chi connectivity index (χ2v) is 6.91. The highest BCUT2D eigenvalue weighted by atomic mass is 32.2. The predicted octanol–water partition coefficient (Wildman–Crippen LogP) is 1.97. The average Bonchev–Trinajstić information content (AvgIpc) is 2.39. The summed E-state index contributed by atoms with van der Waals surface area (Å²) in [6, 6.07) is 0.673. The van der Waals surface area contributed by atoms with E-state index in [4.69, 9.17) is 4.74 Å². The standard InChI is InChI=1S/C14H28N2OS/c1-3-16(2)8-7-15-13-4-9-17-14(12-13)5-10-18-11-6-14/h13,15H,3-12H2,1-2H3. The molecule has 2 heterocycles. The Balaban J connectivity index is 1.72. The molecule has 0 aromatic heterocycles. The highest BCUT2D eigenvalue weighted by molar-refractivity contribution is 7.99. The number of ether oxygens (including phenoxy) is 1.